The number of methoxy groups -OCH3 is 1. The molecule has 1 aliphatic carbocycles. The summed E-state index contributed by atoms with van der Waals surface area (Å²) in [4.78, 5) is 12.5. The maximum Gasteiger partial charge on any atom is 0.251 e. The lowest BCUT2D eigenvalue weighted by molar-refractivity contribution is 0.0950. The number of carbonyl (C=O) groups is 1. The van der Waals surface area contributed by atoms with Crippen LogP contribution in [-0.4, -0.2) is 51.4 Å². The second-order valence-electron chi connectivity index (χ2n) is 7.40. The number of rotatable bonds is 7. The molecular formula is C19H30ClN3O4S. The lowest BCUT2D eigenvalue weighted by atomic mass is 10.1. The zero-order valence-electron chi connectivity index (χ0n) is 16.2. The molecule has 28 heavy (non-hydrogen) atoms. The lowest BCUT2D eigenvalue weighted by Crippen LogP contribution is -2.38. The Morgan fingerprint density at radius 2 is 1.89 bits per heavy atom. The molecule has 1 atom stereocenters. The maximum atomic E-state index is 13.2. The Bertz CT molecular complexity index is 775. The summed E-state index contributed by atoms with van der Waals surface area (Å²) in [7, 11) is -2.28. The van der Waals surface area contributed by atoms with Gasteiger partial charge >= 0.3 is 0 Å². The van der Waals surface area contributed by atoms with Gasteiger partial charge in [-0.15, -0.1) is 12.4 Å². The van der Waals surface area contributed by atoms with Crippen LogP contribution in [0.1, 0.15) is 48.9 Å². The molecule has 1 unspecified atom stereocenters. The monoisotopic (exact) mass is 431 g/mol. The highest BCUT2D eigenvalue weighted by molar-refractivity contribution is 7.89. The molecule has 0 aromatic heterocycles. The van der Waals surface area contributed by atoms with Gasteiger partial charge in [0.05, 0.1) is 7.11 Å². The third kappa shape index (κ3) is 5.37. The van der Waals surface area contributed by atoms with Crippen LogP contribution in [0, 0.1) is 5.92 Å². The summed E-state index contributed by atoms with van der Waals surface area (Å²) in [5.41, 5.74) is 6.32. The van der Waals surface area contributed by atoms with Crippen molar-refractivity contribution in [1.29, 1.82) is 0 Å². The molecule has 9 heteroatoms. The van der Waals surface area contributed by atoms with Gasteiger partial charge in [0, 0.05) is 31.2 Å². The number of benzene rings is 1. The van der Waals surface area contributed by atoms with E-state index in [-0.39, 0.29) is 35.0 Å². The Morgan fingerprint density at radius 3 is 2.46 bits per heavy atom. The fraction of sp³-hybridized carbons (Fsp3) is 0.632. The van der Waals surface area contributed by atoms with Crippen LogP contribution in [-0.2, 0) is 10.0 Å². The zero-order chi connectivity index (χ0) is 19.4. The van der Waals surface area contributed by atoms with Crippen LogP contribution < -0.4 is 15.8 Å². The van der Waals surface area contributed by atoms with Crippen LogP contribution in [0.2, 0.25) is 0 Å². The van der Waals surface area contributed by atoms with Crippen molar-refractivity contribution in [2.75, 3.05) is 26.7 Å². The van der Waals surface area contributed by atoms with E-state index in [1.165, 1.54) is 17.5 Å². The molecule has 2 aliphatic rings. The van der Waals surface area contributed by atoms with Crippen molar-refractivity contribution in [3.63, 3.8) is 0 Å². The van der Waals surface area contributed by atoms with E-state index in [1.54, 1.807) is 12.1 Å². The average molecular weight is 432 g/mol. The van der Waals surface area contributed by atoms with E-state index < -0.39 is 10.0 Å². The van der Waals surface area contributed by atoms with Gasteiger partial charge in [-0.05, 0) is 49.8 Å². The second-order valence-corrected chi connectivity index (χ2v) is 9.30. The number of nitrogens with two attached hydrogens (primary N) is 1. The molecule has 0 spiro atoms. The molecule has 1 heterocycles. The van der Waals surface area contributed by atoms with Crippen molar-refractivity contribution in [2.24, 2.45) is 11.7 Å². The van der Waals surface area contributed by atoms with Gasteiger partial charge in [0.15, 0.2) is 0 Å². The minimum Gasteiger partial charge on any atom is -0.495 e. The number of nitrogens with zero attached hydrogens (tertiary/aromatic N) is 1. The largest absolute Gasteiger partial charge is 0.495 e. The van der Waals surface area contributed by atoms with E-state index >= 15 is 0 Å². The fourth-order valence-corrected chi connectivity index (χ4v) is 5.14. The van der Waals surface area contributed by atoms with Gasteiger partial charge in [-0.25, -0.2) is 8.42 Å². The summed E-state index contributed by atoms with van der Waals surface area (Å²) in [6, 6.07) is 4.49. The highest BCUT2D eigenvalue weighted by atomic mass is 35.5. The van der Waals surface area contributed by atoms with Crippen molar-refractivity contribution in [1.82, 2.24) is 9.62 Å². The number of sulfonamides is 1. The summed E-state index contributed by atoms with van der Waals surface area (Å²) >= 11 is 0. The van der Waals surface area contributed by atoms with Crippen LogP contribution in [0.5, 0.6) is 5.75 Å². The van der Waals surface area contributed by atoms with Crippen LogP contribution in [0.15, 0.2) is 23.1 Å². The van der Waals surface area contributed by atoms with Crippen molar-refractivity contribution in [2.45, 2.75) is 49.5 Å². The SMILES string of the molecule is COc1ccc(C(=O)NCC(N)C2CC2)cc1S(=O)(=O)N1CCCCCC1.Cl. The minimum atomic E-state index is -3.72. The van der Waals surface area contributed by atoms with Gasteiger partial charge in [-0.2, -0.15) is 4.31 Å². The molecule has 158 valence electrons. The average Bonchev–Trinajstić information content (AvgIpc) is 3.52. The highest BCUT2D eigenvalue weighted by Gasteiger charge is 2.30. The molecule has 1 saturated heterocycles. The third-order valence-corrected chi connectivity index (χ3v) is 7.25. The first-order valence-corrected chi connectivity index (χ1v) is 11.1. The van der Waals surface area contributed by atoms with Crippen molar-refractivity contribution < 1.29 is 17.9 Å². The number of carbonyl (C=O) groups excluding carboxylic acids is 1. The standard InChI is InChI=1S/C19H29N3O4S.ClH/c1-26-17-9-8-15(19(23)21-13-16(20)14-6-7-14)12-18(17)27(24,25)22-10-4-2-3-5-11-22;/h8-9,12,14,16H,2-7,10-11,13,20H2,1H3,(H,21,23);1H. The quantitative estimate of drug-likeness (QED) is 0.688. The van der Waals surface area contributed by atoms with Gasteiger partial charge in [-0.1, -0.05) is 12.8 Å². The van der Waals surface area contributed by atoms with Crippen molar-refractivity contribution >= 4 is 28.3 Å². The minimum absolute atomic E-state index is 0. The van der Waals surface area contributed by atoms with Gasteiger partial charge in [-0.3, -0.25) is 4.79 Å². The Labute approximate surface area is 173 Å². The molecule has 1 aromatic rings. The molecule has 0 radical (unpaired) electrons. The highest BCUT2D eigenvalue weighted by Crippen LogP contribution is 2.31. The Balaban J connectivity index is 0.00000280. The number of hydrogen-bond acceptors (Lipinski definition) is 5. The smallest absolute Gasteiger partial charge is 0.251 e. The molecule has 1 amide bonds. The normalized spacial score (nSPS) is 19.2. The molecule has 1 aromatic carbocycles. The molecule has 7 nitrogen and oxygen atoms in total. The predicted octanol–water partition coefficient (Wildman–Crippen LogP) is 2.15. The van der Waals surface area contributed by atoms with Gasteiger partial charge < -0.3 is 15.8 Å². The first-order valence-electron chi connectivity index (χ1n) is 9.65. The first kappa shape index (κ1) is 22.9. The number of nitrogens with one attached hydrogen (secondary N) is 1. The summed E-state index contributed by atoms with van der Waals surface area (Å²) in [6.45, 7) is 1.39. The van der Waals surface area contributed by atoms with Gasteiger partial charge in [0.25, 0.3) is 5.91 Å². The molecular weight excluding hydrogens is 402 g/mol. The van der Waals surface area contributed by atoms with E-state index in [0.29, 0.717) is 31.1 Å². The van der Waals surface area contributed by atoms with E-state index in [2.05, 4.69) is 5.32 Å². The Morgan fingerprint density at radius 1 is 1.25 bits per heavy atom. The van der Waals surface area contributed by atoms with Crippen molar-refractivity contribution in [3.05, 3.63) is 23.8 Å². The first-order chi connectivity index (χ1) is 12.9. The summed E-state index contributed by atoms with van der Waals surface area (Å²) in [6.07, 6.45) is 5.98. The van der Waals surface area contributed by atoms with Crippen LogP contribution >= 0.6 is 12.4 Å². The summed E-state index contributed by atoms with van der Waals surface area (Å²) in [5, 5.41) is 2.81. The van der Waals surface area contributed by atoms with E-state index in [4.69, 9.17) is 10.5 Å². The number of amides is 1. The van der Waals surface area contributed by atoms with Gasteiger partial charge in [0.2, 0.25) is 10.0 Å². The topological polar surface area (TPSA) is 102 Å². The number of halogens is 1. The molecule has 2 fully saturated rings. The lowest BCUT2D eigenvalue weighted by Gasteiger charge is -2.21. The number of hydrogen-bond donors (Lipinski definition) is 2. The predicted molar refractivity (Wildman–Crippen MR) is 111 cm³/mol. The Kier molecular flexibility index (Phi) is 8.12. The molecule has 0 bridgehead atoms. The van der Waals surface area contributed by atoms with Crippen LogP contribution in [0.3, 0.4) is 0 Å². The van der Waals surface area contributed by atoms with Crippen LogP contribution in [0.4, 0.5) is 0 Å². The summed E-state index contributed by atoms with van der Waals surface area (Å²) in [5.74, 6) is 0.423. The second kappa shape index (κ2) is 9.91. The summed E-state index contributed by atoms with van der Waals surface area (Å²) < 4.78 is 33.1. The zero-order valence-corrected chi connectivity index (χ0v) is 17.9. The van der Waals surface area contributed by atoms with Crippen LogP contribution in [0.25, 0.3) is 0 Å². The molecule has 3 N–H and O–H groups in total. The van der Waals surface area contributed by atoms with E-state index in [9.17, 15) is 13.2 Å². The molecule has 1 saturated carbocycles. The van der Waals surface area contributed by atoms with E-state index in [1.807, 2.05) is 0 Å². The fourth-order valence-electron chi connectivity index (χ4n) is 3.44. The number of ether oxygens (including phenoxy) is 1. The third-order valence-electron chi connectivity index (χ3n) is 5.33. The molecule has 1 aliphatic heterocycles. The molecule has 3 rings (SSSR count). The Hall–Kier alpha value is -1.35. The van der Waals surface area contributed by atoms with Gasteiger partial charge in [0.1, 0.15) is 10.6 Å². The van der Waals surface area contributed by atoms with E-state index in [0.717, 1.165) is 38.5 Å². The van der Waals surface area contributed by atoms with Crippen molar-refractivity contribution in [3.8, 4) is 5.75 Å². The maximum absolute atomic E-state index is 13.2.